The number of hydrogen-bond acceptors (Lipinski definition) is 4. The molecule has 0 saturated carbocycles. The third-order valence-corrected chi connectivity index (χ3v) is 2.69. The summed E-state index contributed by atoms with van der Waals surface area (Å²) in [4.78, 5) is 15.2. The van der Waals surface area contributed by atoms with Crippen molar-refractivity contribution in [1.82, 2.24) is 4.98 Å². The molecule has 0 saturated heterocycles. The Balaban J connectivity index is 2.06. The molecule has 0 spiro atoms. The van der Waals surface area contributed by atoms with Gasteiger partial charge in [-0.15, -0.1) is 0 Å². The van der Waals surface area contributed by atoms with E-state index >= 15 is 0 Å². The molecule has 0 aliphatic carbocycles. The number of ketones is 1. The number of carbonyl (C=O) groups excluding carboxylic acids is 1. The van der Waals surface area contributed by atoms with E-state index in [0.29, 0.717) is 23.6 Å². The summed E-state index contributed by atoms with van der Waals surface area (Å²) in [6.45, 7) is 1.63. The number of ether oxygens (including phenoxy) is 1. The lowest BCUT2D eigenvalue weighted by Crippen LogP contribution is -1.95. The fourth-order valence-electron chi connectivity index (χ4n) is 1.62. The molecule has 2 rings (SSSR count). The molecule has 1 heterocycles. The van der Waals surface area contributed by atoms with Crippen LogP contribution in [0.2, 0.25) is 0 Å². The highest BCUT2D eigenvalue weighted by Crippen LogP contribution is 2.20. The lowest BCUT2D eigenvalue weighted by Gasteiger charge is -2.06. The van der Waals surface area contributed by atoms with Gasteiger partial charge in [0.2, 0.25) is 5.88 Å². The Morgan fingerprint density at radius 2 is 1.95 bits per heavy atom. The molecule has 2 aromatic rings. The Labute approximate surface area is 111 Å². The first-order valence-corrected chi connectivity index (χ1v) is 6.03. The molecule has 0 unspecified atom stereocenters. The standard InChI is InChI=1S/C15H15NO3/c1-11(18)13-4-7-15(16-10-13)19-14-5-2-12(3-6-14)8-9-17/h2-7,10,17H,8-9H2,1H3. The van der Waals surface area contributed by atoms with Gasteiger partial charge in [-0.2, -0.15) is 0 Å². The smallest absolute Gasteiger partial charge is 0.219 e. The summed E-state index contributed by atoms with van der Waals surface area (Å²) in [7, 11) is 0. The monoisotopic (exact) mass is 257 g/mol. The van der Waals surface area contributed by atoms with Gasteiger partial charge in [0.1, 0.15) is 5.75 Å². The molecule has 98 valence electrons. The molecule has 0 fully saturated rings. The summed E-state index contributed by atoms with van der Waals surface area (Å²) in [6, 6.07) is 10.8. The number of pyridine rings is 1. The van der Waals surface area contributed by atoms with Crippen LogP contribution in [0.5, 0.6) is 11.6 Å². The summed E-state index contributed by atoms with van der Waals surface area (Å²) >= 11 is 0. The van der Waals surface area contributed by atoms with Crippen molar-refractivity contribution in [2.75, 3.05) is 6.61 Å². The number of rotatable bonds is 5. The molecule has 0 aliphatic rings. The van der Waals surface area contributed by atoms with Crippen molar-refractivity contribution in [2.24, 2.45) is 0 Å². The molecule has 19 heavy (non-hydrogen) atoms. The third kappa shape index (κ3) is 3.63. The quantitative estimate of drug-likeness (QED) is 0.836. The second-order valence-corrected chi connectivity index (χ2v) is 4.16. The minimum Gasteiger partial charge on any atom is -0.439 e. The van der Waals surface area contributed by atoms with Crippen LogP contribution in [0.1, 0.15) is 22.8 Å². The van der Waals surface area contributed by atoms with Gasteiger partial charge in [0.15, 0.2) is 5.78 Å². The zero-order chi connectivity index (χ0) is 13.7. The highest BCUT2D eigenvalue weighted by Gasteiger charge is 2.02. The van der Waals surface area contributed by atoms with Crippen LogP contribution in [0, 0.1) is 0 Å². The zero-order valence-corrected chi connectivity index (χ0v) is 10.7. The Morgan fingerprint density at radius 3 is 2.47 bits per heavy atom. The molecule has 1 aromatic carbocycles. The number of benzene rings is 1. The minimum atomic E-state index is -0.0209. The maximum Gasteiger partial charge on any atom is 0.219 e. The number of aliphatic hydroxyl groups is 1. The molecule has 0 atom stereocenters. The van der Waals surface area contributed by atoms with Crippen molar-refractivity contribution < 1.29 is 14.6 Å². The molecule has 0 aliphatic heterocycles. The van der Waals surface area contributed by atoms with Crippen LogP contribution in [0.4, 0.5) is 0 Å². The van der Waals surface area contributed by atoms with Crippen LogP contribution in [0.15, 0.2) is 42.6 Å². The highest BCUT2D eigenvalue weighted by molar-refractivity contribution is 5.93. The summed E-state index contributed by atoms with van der Waals surface area (Å²) in [5.41, 5.74) is 1.61. The average molecular weight is 257 g/mol. The van der Waals surface area contributed by atoms with Crippen molar-refractivity contribution in [2.45, 2.75) is 13.3 Å². The largest absolute Gasteiger partial charge is 0.439 e. The minimum absolute atomic E-state index is 0.0209. The van der Waals surface area contributed by atoms with Crippen molar-refractivity contribution >= 4 is 5.78 Å². The predicted molar refractivity (Wildman–Crippen MR) is 71.5 cm³/mol. The van der Waals surface area contributed by atoms with Gasteiger partial charge in [-0.05, 0) is 37.1 Å². The van der Waals surface area contributed by atoms with Crippen LogP contribution < -0.4 is 4.74 Å². The first-order chi connectivity index (χ1) is 9.19. The summed E-state index contributed by atoms with van der Waals surface area (Å²) in [6.07, 6.45) is 2.13. The van der Waals surface area contributed by atoms with Crippen LogP contribution in [-0.2, 0) is 6.42 Å². The van der Waals surface area contributed by atoms with Crippen LogP contribution in [-0.4, -0.2) is 22.5 Å². The number of Topliss-reactive ketones (excluding diaryl/α,β-unsaturated/α-hetero) is 1. The van der Waals surface area contributed by atoms with E-state index in [4.69, 9.17) is 9.84 Å². The molecule has 0 bridgehead atoms. The van der Waals surface area contributed by atoms with Crippen molar-refractivity contribution in [3.05, 3.63) is 53.7 Å². The van der Waals surface area contributed by atoms with Gasteiger partial charge in [0, 0.05) is 24.4 Å². The second-order valence-electron chi connectivity index (χ2n) is 4.16. The predicted octanol–water partition coefficient (Wildman–Crippen LogP) is 2.61. The third-order valence-electron chi connectivity index (χ3n) is 2.69. The van der Waals surface area contributed by atoms with Gasteiger partial charge in [-0.25, -0.2) is 4.98 Å². The molecule has 1 N–H and O–H groups in total. The fourth-order valence-corrected chi connectivity index (χ4v) is 1.62. The molecular formula is C15H15NO3. The highest BCUT2D eigenvalue weighted by atomic mass is 16.5. The first-order valence-electron chi connectivity index (χ1n) is 6.03. The lowest BCUT2D eigenvalue weighted by molar-refractivity contribution is 0.101. The normalized spacial score (nSPS) is 10.2. The van der Waals surface area contributed by atoms with Crippen molar-refractivity contribution in [3.63, 3.8) is 0 Å². The SMILES string of the molecule is CC(=O)c1ccc(Oc2ccc(CCO)cc2)nc1. The summed E-state index contributed by atoms with van der Waals surface area (Å²) in [5.74, 6) is 1.09. The summed E-state index contributed by atoms with van der Waals surface area (Å²) in [5, 5.41) is 8.83. The van der Waals surface area contributed by atoms with E-state index in [-0.39, 0.29) is 12.4 Å². The van der Waals surface area contributed by atoms with Crippen molar-refractivity contribution in [1.29, 1.82) is 0 Å². The molecule has 4 nitrogen and oxygen atoms in total. The van der Waals surface area contributed by atoms with Crippen LogP contribution >= 0.6 is 0 Å². The van der Waals surface area contributed by atoms with Gasteiger partial charge < -0.3 is 9.84 Å². The molecule has 1 aromatic heterocycles. The Morgan fingerprint density at radius 1 is 1.21 bits per heavy atom. The summed E-state index contributed by atoms with van der Waals surface area (Å²) < 4.78 is 5.56. The number of aromatic nitrogens is 1. The molecule has 0 amide bonds. The van der Waals surface area contributed by atoms with E-state index in [1.807, 2.05) is 24.3 Å². The number of aliphatic hydroxyl groups excluding tert-OH is 1. The topological polar surface area (TPSA) is 59.4 Å². The Bertz CT molecular complexity index is 547. The van der Waals surface area contributed by atoms with E-state index in [1.165, 1.54) is 13.1 Å². The van der Waals surface area contributed by atoms with Crippen molar-refractivity contribution in [3.8, 4) is 11.6 Å². The zero-order valence-electron chi connectivity index (χ0n) is 10.7. The fraction of sp³-hybridized carbons (Fsp3) is 0.200. The van der Waals surface area contributed by atoms with E-state index < -0.39 is 0 Å². The maximum atomic E-state index is 11.1. The van der Waals surface area contributed by atoms with Crippen LogP contribution in [0.25, 0.3) is 0 Å². The van der Waals surface area contributed by atoms with Gasteiger partial charge in [0.05, 0.1) is 0 Å². The van der Waals surface area contributed by atoms with Gasteiger partial charge >= 0.3 is 0 Å². The molecule has 4 heteroatoms. The van der Waals surface area contributed by atoms with Gasteiger partial charge in [-0.3, -0.25) is 4.79 Å². The first kappa shape index (κ1) is 13.2. The Kier molecular flexibility index (Phi) is 4.26. The number of carbonyl (C=O) groups is 1. The van der Waals surface area contributed by atoms with E-state index in [2.05, 4.69) is 4.98 Å². The van der Waals surface area contributed by atoms with Crippen LogP contribution in [0.3, 0.4) is 0 Å². The van der Waals surface area contributed by atoms with Gasteiger partial charge in [-0.1, -0.05) is 12.1 Å². The molecule has 0 radical (unpaired) electrons. The number of hydrogen-bond donors (Lipinski definition) is 1. The maximum absolute atomic E-state index is 11.1. The number of nitrogens with zero attached hydrogens (tertiary/aromatic N) is 1. The van der Waals surface area contributed by atoms with Gasteiger partial charge in [0.25, 0.3) is 0 Å². The Hall–Kier alpha value is -2.20. The van der Waals surface area contributed by atoms with E-state index in [1.54, 1.807) is 12.1 Å². The molecular weight excluding hydrogens is 242 g/mol. The van der Waals surface area contributed by atoms with E-state index in [9.17, 15) is 4.79 Å². The lowest BCUT2D eigenvalue weighted by atomic mass is 10.1. The van der Waals surface area contributed by atoms with E-state index in [0.717, 1.165) is 5.56 Å². The second kappa shape index (κ2) is 6.11. The average Bonchev–Trinajstić information content (AvgIpc) is 2.42.